The van der Waals surface area contributed by atoms with Gasteiger partial charge in [-0.15, -0.1) is 0 Å². The van der Waals surface area contributed by atoms with Crippen molar-refractivity contribution in [2.75, 3.05) is 23.8 Å². The van der Waals surface area contributed by atoms with Crippen LogP contribution in [0.1, 0.15) is 94.1 Å². The fraction of sp³-hybridized carbons (Fsp3) is 0.405. The summed E-state index contributed by atoms with van der Waals surface area (Å²) in [4.78, 5) is 65.7. The molecule has 0 atom stereocenters. The fourth-order valence-electron chi connectivity index (χ4n) is 6.58. The molecule has 5 aromatic heterocycles. The van der Waals surface area contributed by atoms with E-state index in [2.05, 4.69) is 64.7 Å². The SMILES string of the molecule is CCn1nc(C)cc1C(=O)Nc1nc2cc(C(N)=O)cnc2n1C/C=C/Cn1c(NC(=O)c2cc(C)nn2CC)nc2cc(C(N)=O)cc(OCCCO[Si](C)(C)C(C)(C)C)c21. The molecule has 6 aromatic rings. The van der Waals surface area contributed by atoms with Gasteiger partial charge in [0.15, 0.2) is 14.0 Å². The number of benzene rings is 1. The third-order valence-electron chi connectivity index (χ3n) is 10.8. The summed E-state index contributed by atoms with van der Waals surface area (Å²) in [5, 5.41) is 14.7. The van der Waals surface area contributed by atoms with Crippen LogP contribution in [0.4, 0.5) is 11.9 Å². The van der Waals surface area contributed by atoms with Crippen molar-refractivity contribution in [3.63, 3.8) is 0 Å². The van der Waals surface area contributed by atoms with Gasteiger partial charge in [-0.1, -0.05) is 32.9 Å². The van der Waals surface area contributed by atoms with Crippen LogP contribution >= 0.6 is 0 Å². The number of hydrogen-bond acceptors (Lipinski definition) is 11. The summed E-state index contributed by atoms with van der Waals surface area (Å²) in [6, 6.07) is 8.03. The zero-order valence-electron chi connectivity index (χ0n) is 36.7. The number of nitrogens with one attached hydrogen (secondary N) is 2. The average molecular weight is 866 g/mol. The first-order chi connectivity index (χ1) is 29.3. The second kappa shape index (κ2) is 18.1. The summed E-state index contributed by atoms with van der Waals surface area (Å²) >= 11 is 0. The molecule has 0 saturated heterocycles. The first-order valence-electron chi connectivity index (χ1n) is 20.4. The lowest BCUT2D eigenvalue weighted by Gasteiger charge is -2.36. The van der Waals surface area contributed by atoms with E-state index in [0.717, 1.165) is 0 Å². The number of amides is 4. The number of aryl methyl sites for hydroxylation is 4. The summed E-state index contributed by atoms with van der Waals surface area (Å²) in [5.41, 5.74) is 15.4. The monoisotopic (exact) mass is 865 g/mol. The van der Waals surface area contributed by atoms with Crippen LogP contribution < -0.4 is 26.8 Å². The zero-order chi connectivity index (χ0) is 45.1. The van der Waals surface area contributed by atoms with E-state index >= 15 is 0 Å². The predicted molar refractivity (Wildman–Crippen MR) is 238 cm³/mol. The van der Waals surface area contributed by atoms with Crippen molar-refractivity contribution < 1.29 is 28.3 Å². The summed E-state index contributed by atoms with van der Waals surface area (Å²) in [7, 11) is -1.99. The maximum atomic E-state index is 13.8. The van der Waals surface area contributed by atoms with Crippen molar-refractivity contribution >= 4 is 66.0 Å². The van der Waals surface area contributed by atoms with Gasteiger partial charge in [0, 0.05) is 51.0 Å². The van der Waals surface area contributed by atoms with E-state index in [9.17, 15) is 19.2 Å². The Morgan fingerprint density at radius 2 is 1.29 bits per heavy atom. The van der Waals surface area contributed by atoms with Gasteiger partial charge >= 0.3 is 0 Å². The molecule has 0 aliphatic carbocycles. The van der Waals surface area contributed by atoms with Gasteiger partial charge in [-0.3, -0.25) is 43.7 Å². The second-order valence-corrected chi connectivity index (χ2v) is 21.2. The standard InChI is InChI=1S/C42H55N13O6Si/c1-10-54-31(19-25(3)50-54)38(58)48-40-46-29-21-27(35(43)56)23-33(60-17-14-18-61-62(8,9)42(5,6)7)34(29)52(40)15-12-13-16-53-37-30(22-28(24-45-37)36(44)57)47-41(53)49-39(59)32-20-26(4)51-55(32)11-2/h12-13,19-24H,10-11,14-18H2,1-9H3,(H2,43,56)(H2,44,57)(H,46,48,58)(H,47,49,59)/b13-12+. The van der Waals surface area contributed by atoms with Gasteiger partial charge in [-0.05, 0) is 76.2 Å². The molecule has 19 nitrogen and oxygen atoms in total. The second-order valence-electron chi connectivity index (χ2n) is 16.4. The maximum absolute atomic E-state index is 13.8. The normalized spacial score (nSPS) is 12.1. The first kappa shape index (κ1) is 44.9. The Balaban J connectivity index is 1.35. The van der Waals surface area contributed by atoms with Crippen LogP contribution in [0.25, 0.3) is 22.2 Å². The Morgan fingerprint density at radius 1 is 0.758 bits per heavy atom. The van der Waals surface area contributed by atoms with Crippen LogP contribution in [0.5, 0.6) is 5.75 Å². The molecule has 62 heavy (non-hydrogen) atoms. The molecule has 0 radical (unpaired) electrons. The highest BCUT2D eigenvalue weighted by atomic mass is 28.4. The van der Waals surface area contributed by atoms with Crippen molar-refractivity contribution in [2.24, 2.45) is 11.5 Å². The summed E-state index contributed by atoms with van der Waals surface area (Å²) < 4.78 is 19.4. The molecule has 0 aliphatic rings. The number of fused-ring (bicyclic) bond motifs is 2. The maximum Gasteiger partial charge on any atom is 0.276 e. The number of carbonyl (C=O) groups excluding carboxylic acids is 4. The van der Waals surface area contributed by atoms with Gasteiger partial charge in [-0.2, -0.15) is 10.2 Å². The molecule has 20 heteroatoms. The minimum Gasteiger partial charge on any atom is -0.491 e. The van der Waals surface area contributed by atoms with Crippen LogP contribution in [0.3, 0.4) is 0 Å². The highest BCUT2D eigenvalue weighted by Gasteiger charge is 2.37. The lowest BCUT2D eigenvalue weighted by atomic mass is 10.1. The molecule has 0 spiro atoms. The Bertz CT molecular complexity index is 2700. The topological polar surface area (TPSA) is 247 Å². The lowest BCUT2D eigenvalue weighted by molar-refractivity contribution is 0.0991. The molecule has 6 rings (SSSR count). The largest absolute Gasteiger partial charge is 0.491 e. The molecule has 0 aliphatic heterocycles. The van der Waals surface area contributed by atoms with Crippen molar-refractivity contribution in [1.29, 1.82) is 0 Å². The molecule has 0 fully saturated rings. The molecule has 0 unspecified atom stereocenters. The molecule has 328 valence electrons. The number of primary amides is 2. The number of nitrogens with zero attached hydrogens (tertiary/aromatic N) is 9. The molecule has 4 amide bonds. The van der Waals surface area contributed by atoms with E-state index < -0.39 is 31.9 Å². The van der Waals surface area contributed by atoms with Crippen LogP contribution in [-0.2, 0) is 30.6 Å². The van der Waals surface area contributed by atoms with E-state index in [4.69, 9.17) is 25.6 Å². The van der Waals surface area contributed by atoms with Gasteiger partial charge in [0.25, 0.3) is 11.8 Å². The minimum absolute atomic E-state index is 0.0498. The average Bonchev–Trinajstić information content (AvgIpc) is 3.97. The number of anilines is 2. The summed E-state index contributed by atoms with van der Waals surface area (Å²) in [6.07, 6.45) is 5.62. The Morgan fingerprint density at radius 3 is 1.84 bits per heavy atom. The number of aromatic nitrogens is 9. The van der Waals surface area contributed by atoms with Gasteiger partial charge in [0.05, 0.1) is 29.1 Å². The van der Waals surface area contributed by atoms with Crippen molar-refractivity contribution in [2.45, 2.75) is 99.2 Å². The molecular weight excluding hydrogens is 811 g/mol. The van der Waals surface area contributed by atoms with E-state index in [1.54, 1.807) is 49.7 Å². The van der Waals surface area contributed by atoms with Gasteiger partial charge in [0.2, 0.25) is 23.7 Å². The third kappa shape index (κ3) is 9.60. The molecular formula is C42H55N13O6Si. The van der Waals surface area contributed by atoms with Crippen molar-refractivity contribution in [3.8, 4) is 5.75 Å². The smallest absolute Gasteiger partial charge is 0.276 e. The Kier molecular flexibility index (Phi) is 13.1. The van der Waals surface area contributed by atoms with E-state index in [0.29, 0.717) is 76.8 Å². The molecule has 1 aromatic carbocycles. The highest BCUT2D eigenvalue weighted by molar-refractivity contribution is 6.74. The zero-order valence-corrected chi connectivity index (χ0v) is 37.7. The number of ether oxygens (including phenoxy) is 1. The number of carbonyl (C=O) groups is 4. The van der Waals surface area contributed by atoms with E-state index in [1.165, 1.54) is 12.3 Å². The predicted octanol–water partition coefficient (Wildman–Crippen LogP) is 5.58. The lowest BCUT2D eigenvalue weighted by Crippen LogP contribution is -2.41. The molecule has 6 N–H and O–H groups in total. The van der Waals surface area contributed by atoms with Gasteiger partial charge in [-0.25, -0.2) is 15.0 Å². The Hall–Kier alpha value is -6.67. The van der Waals surface area contributed by atoms with E-state index in [1.807, 2.05) is 32.9 Å². The number of nitrogens with two attached hydrogens (primary N) is 2. The highest BCUT2D eigenvalue weighted by Crippen LogP contribution is 2.37. The molecule has 0 saturated carbocycles. The molecule has 0 bridgehead atoms. The van der Waals surface area contributed by atoms with Crippen LogP contribution in [0.15, 0.2) is 48.7 Å². The fourth-order valence-corrected chi connectivity index (χ4v) is 7.67. The van der Waals surface area contributed by atoms with Gasteiger partial charge in [0.1, 0.15) is 28.2 Å². The van der Waals surface area contributed by atoms with E-state index in [-0.39, 0.29) is 47.8 Å². The third-order valence-corrected chi connectivity index (χ3v) is 15.4. The molecule has 5 heterocycles. The number of allylic oxidation sites excluding steroid dienone is 2. The number of hydrogen-bond donors (Lipinski definition) is 4. The van der Waals surface area contributed by atoms with Crippen molar-refractivity contribution in [3.05, 3.63) is 82.6 Å². The number of pyridine rings is 1. The Labute approximate surface area is 360 Å². The quantitative estimate of drug-likeness (QED) is 0.0472. The summed E-state index contributed by atoms with van der Waals surface area (Å²) in [5.74, 6) is -1.48. The van der Waals surface area contributed by atoms with Crippen LogP contribution in [0.2, 0.25) is 18.1 Å². The first-order valence-corrected chi connectivity index (χ1v) is 23.4. The van der Waals surface area contributed by atoms with Crippen molar-refractivity contribution in [1.82, 2.24) is 43.6 Å². The minimum atomic E-state index is -1.99. The van der Waals surface area contributed by atoms with Crippen LogP contribution in [0, 0.1) is 13.8 Å². The van der Waals surface area contributed by atoms with Crippen LogP contribution in [-0.4, -0.2) is 88.8 Å². The number of imidazole rings is 2. The van der Waals surface area contributed by atoms with Gasteiger partial charge < -0.3 is 25.2 Å². The number of rotatable bonds is 18. The summed E-state index contributed by atoms with van der Waals surface area (Å²) in [6.45, 7) is 20.4.